The fourth-order valence-electron chi connectivity index (χ4n) is 2.93. The molecule has 0 amide bonds. The fourth-order valence-corrected chi connectivity index (χ4v) is 5.72. The molecule has 2 aromatic carbocycles. The molecule has 0 bridgehead atoms. The molecule has 0 radical (unpaired) electrons. The molecular weight excluding hydrogens is 384 g/mol. The van der Waals surface area contributed by atoms with E-state index in [1.54, 1.807) is 21.6 Å². The number of aromatic nitrogens is 4. The summed E-state index contributed by atoms with van der Waals surface area (Å²) in [5.41, 5.74) is 6.67. The van der Waals surface area contributed by atoms with Gasteiger partial charge in [-0.2, -0.15) is 10.2 Å². The Hall–Kier alpha value is -2.44. The highest BCUT2D eigenvalue weighted by Crippen LogP contribution is 2.43. The van der Waals surface area contributed by atoms with E-state index in [9.17, 15) is 0 Å². The maximum Gasteiger partial charge on any atom is 0.114 e. The number of nitrogens with zero attached hydrogens (tertiary/aromatic N) is 4. The number of para-hydroxylation sites is 2. The first kappa shape index (κ1) is 18.9. The number of hydrogen-bond acceptors (Lipinski definition) is 4. The Bertz CT molecular complexity index is 1010. The summed E-state index contributed by atoms with van der Waals surface area (Å²) in [6.45, 7) is 8.40. The summed E-state index contributed by atoms with van der Waals surface area (Å²) in [5.74, 6) is 0. The molecule has 4 rings (SSSR count). The number of aryl methyl sites for hydroxylation is 2. The quantitative estimate of drug-likeness (QED) is 0.376. The summed E-state index contributed by atoms with van der Waals surface area (Å²) in [6, 6.07) is 20.6. The normalized spacial score (nSPS) is 11.1. The van der Waals surface area contributed by atoms with Crippen LogP contribution in [0.15, 0.2) is 70.7 Å². The maximum absolute atomic E-state index is 4.76. The molecule has 2 heterocycles. The molecule has 0 saturated heterocycles. The molecule has 0 spiro atoms. The Morgan fingerprint density at radius 3 is 1.29 bits per heavy atom. The molecule has 0 fully saturated rings. The van der Waals surface area contributed by atoms with Crippen molar-refractivity contribution in [2.75, 3.05) is 0 Å². The predicted molar refractivity (Wildman–Crippen MR) is 118 cm³/mol. The lowest BCUT2D eigenvalue weighted by Gasteiger charge is -2.10. The second kappa shape index (κ2) is 7.89. The van der Waals surface area contributed by atoms with Gasteiger partial charge in [-0.05, 0) is 73.5 Å². The van der Waals surface area contributed by atoms with Crippen LogP contribution in [0.5, 0.6) is 0 Å². The molecule has 0 aliphatic rings. The van der Waals surface area contributed by atoms with Crippen LogP contribution in [0.2, 0.25) is 0 Å². The van der Waals surface area contributed by atoms with Crippen LogP contribution in [0.4, 0.5) is 0 Å². The van der Waals surface area contributed by atoms with Gasteiger partial charge in [-0.1, -0.05) is 36.4 Å². The average molecular weight is 407 g/mol. The summed E-state index contributed by atoms with van der Waals surface area (Å²) in [4.78, 5) is 0. The zero-order chi connectivity index (χ0) is 19.7. The van der Waals surface area contributed by atoms with Gasteiger partial charge in [-0.15, -0.1) is 0 Å². The van der Waals surface area contributed by atoms with Gasteiger partial charge in [0.2, 0.25) is 0 Å². The minimum atomic E-state index is 1.05. The zero-order valence-corrected chi connectivity index (χ0v) is 18.0. The van der Waals surface area contributed by atoms with Crippen molar-refractivity contribution in [3.8, 4) is 11.4 Å². The lowest BCUT2D eigenvalue weighted by atomic mass is 10.3. The van der Waals surface area contributed by atoms with Crippen molar-refractivity contribution in [3.05, 3.63) is 83.2 Å². The van der Waals surface area contributed by atoms with Gasteiger partial charge in [-0.3, -0.25) is 0 Å². The Labute approximate surface area is 173 Å². The van der Waals surface area contributed by atoms with E-state index >= 15 is 0 Å². The van der Waals surface area contributed by atoms with Crippen molar-refractivity contribution >= 4 is 21.6 Å². The van der Waals surface area contributed by atoms with Crippen molar-refractivity contribution < 1.29 is 0 Å². The summed E-state index contributed by atoms with van der Waals surface area (Å²) in [5, 5.41) is 11.8. The molecule has 2 aromatic heterocycles. The van der Waals surface area contributed by atoms with Crippen LogP contribution in [0.25, 0.3) is 11.4 Å². The number of benzene rings is 2. The smallest absolute Gasteiger partial charge is 0.114 e. The van der Waals surface area contributed by atoms with Crippen molar-refractivity contribution in [2.45, 2.75) is 37.7 Å². The number of rotatable bonds is 5. The van der Waals surface area contributed by atoms with Crippen LogP contribution in [0.1, 0.15) is 22.5 Å². The fraction of sp³-hybridized carbons (Fsp3) is 0.182. The molecule has 4 aromatic rings. The van der Waals surface area contributed by atoms with Crippen LogP contribution in [-0.2, 0) is 0 Å². The van der Waals surface area contributed by atoms with Gasteiger partial charge in [0.25, 0.3) is 0 Å². The van der Waals surface area contributed by atoms with Crippen LogP contribution >= 0.6 is 21.6 Å². The Morgan fingerprint density at radius 1 is 0.571 bits per heavy atom. The van der Waals surface area contributed by atoms with Crippen molar-refractivity contribution in [3.63, 3.8) is 0 Å². The summed E-state index contributed by atoms with van der Waals surface area (Å²) < 4.78 is 4.07. The van der Waals surface area contributed by atoms with Crippen LogP contribution in [0.3, 0.4) is 0 Å². The molecular formula is C22H22N4S2. The minimum absolute atomic E-state index is 1.05. The molecule has 142 valence electrons. The largest absolute Gasteiger partial charge is 0.226 e. The van der Waals surface area contributed by atoms with Crippen molar-refractivity contribution in [2.24, 2.45) is 0 Å². The highest BCUT2D eigenvalue weighted by atomic mass is 33.1. The monoisotopic (exact) mass is 406 g/mol. The summed E-state index contributed by atoms with van der Waals surface area (Å²) in [6.07, 6.45) is 0. The zero-order valence-electron chi connectivity index (χ0n) is 16.4. The van der Waals surface area contributed by atoms with Crippen molar-refractivity contribution in [1.29, 1.82) is 0 Å². The molecule has 0 aliphatic heterocycles. The van der Waals surface area contributed by atoms with Crippen LogP contribution in [-0.4, -0.2) is 19.6 Å². The Balaban J connectivity index is 1.70. The highest BCUT2D eigenvalue weighted by Gasteiger charge is 2.18. The first-order chi connectivity index (χ1) is 13.6. The SMILES string of the molecule is Cc1nn(-c2ccccc2)c(SSc2c(C)c(C)nn2-c2ccccc2)c1C. The van der Waals surface area contributed by atoms with E-state index < -0.39 is 0 Å². The Kier molecular flexibility index (Phi) is 5.33. The lowest BCUT2D eigenvalue weighted by Crippen LogP contribution is -1.99. The summed E-state index contributed by atoms with van der Waals surface area (Å²) >= 11 is 0. The molecule has 0 aliphatic carbocycles. The highest BCUT2D eigenvalue weighted by molar-refractivity contribution is 8.76. The third-order valence-electron chi connectivity index (χ3n) is 4.81. The van der Waals surface area contributed by atoms with Gasteiger partial charge in [-0.25, -0.2) is 9.36 Å². The summed E-state index contributed by atoms with van der Waals surface area (Å²) in [7, 11) is 3.47. The van der Waals surface area contributed by atoms with E-state index in [0.717, 1.165) is 32.8 Å². The average Bonchev–Trinajstić information content (AvgIpc) is 3.18. The third-order valence-corrected chi connectivity index (χ3v) is 7.37. The third kappa shape index (κ3) is 3.50. The van der Waals surface area contributed by atoms with Gasteiger partial charge in [0.1, 0.15) is 10.1 Å². The number of hydrogen-bond donors (Lipinski definition) is 0. The first-order valence-corrected chi connectivity index (χ1v) is 11.3. The van der Waals surface area contributed by atoms with Gasteiger partial charge < -0.3 is 0 Å². The minimum Gasteiger partial charge on any atom is -0.226 e. The molecule has 0 N–H and O–H groups in total. The molecule has 0 atom stereocenters. The van der Waals surface area contributed by atoms with E-state index in [4.69, 9.17) is 10.2 Å². The maximum atomic E-state index is 4.76. The van der Waals surface area contributed by atoms with E-state index in [1.165, 1.54) is 11.1 Å². The second-order valence-electron chi connectivity index (χ2n) is 6.69. The van der Waals surface area contributed by atoms with E-state index in [0.29, 0.717) is 0 Å². The van der Waals surface area contributed by atoms with E-state index in [1.807, 2.05) is 45.8 Å². The molecule has 4 nitrogen and oxygen atoms in total. The van der Waals surface area contributed by atoms with Crippen LogP contribution < -0.4 is 0 Å². The van der Waals surface area contributed by atoms with Gasteiger partial charge in [0, 0.05) is 11.1 Å². The predicted octanol–water partition coefficient (Wildman–Crippen LogP) is 6.09. The van der Waals surface area contributed by atoms with Crippen LogP contribution in [0, 0.1) is 27.7 Å². The van der Waals surface area contributed by atoms with E-state index in [-0.39, 0.29) is 0 Å². The van der Waals surface area contributed by atoms with Gasteiger partial charge in [0.15, 0.2) is 0 Å². The molecule has 6 heteroatoms. The van der Waals surface area contributed by atoms with Crippen molar-refractivity contribution in [1.82, 2.24) is 19.6 Å². The Morgan fingerprint density at radius 2 is 0.929 bits per heavy atom. The standard InChI is InChI=1S/C22H22N4S2/c1-15-17(3)23-25(19-11-7-5-8-12-19)21(15)27-28-22-16(2)18(4)24-26(22)20-13-9-6-10-14-20/h5-14H,1-4H3. The molecule has 28 heavy (non-hydrogen) atoms. The van der Waals surface area contributed by atoms with Gasteiger partial charge in [0.05, 0.1) is 22.8 Å². The molecule has 0 saturated carbocycles. The van der Waals surface area contributed by atoms with E-state index in [2.05, 4.69) is 52.0 Å². The molecule has 0 unspecified atom stereocenters. The van der Waals surface area contributed by atoms with Gasteiger partial charge >= 0.3 is 0 Å². The lowest BCUT2D eigenvalue weighted by molar-refractivity contribution is 0.791. The first-order valence-electron chi connectivity index (χ1n) is 9.14. The topological polar surface area (TPSA) is 35.6 Å². The second-order valence-corrected chi connectivity index (χ2v) is 8.80.